The van der Waals surface area contributed by atoms with E-state index < -0.39 is 23.5 Å². The smallest absolute Gasteiger partial charge is 0.166 e. The first-order valence-electron chi connectivity index (χ1n) is 10.1. The topological polar surface area (TPSA) is 0 Å². The van der Waals surface area contributed by atoms with Crippen molar-refractivity contribution in [3.63, 3.8) is 0 Å². The van der Waals surface area contributed by atoms with Crippen molar-refractivity contribution in [2.45, 2.75) is 78.6 Å². The highest BCUT2D eigenvalue weighted by molar-refractivity contribution is 5.38. The van der Waals surface area contributed by atoms with Gasteiger partial charge in [-0.3, -0.25) is 0 Å². The highest BCUT2D eigenvalue weighted by atomic mass is 19.4. The predicted octanol–water partition coefficient (Wildman–Crippen LogP) is 9.05. The first kappa shape index (κ1) is 26.1. The fourth-order valence-electron chi connectivity index (χ4n) is 3.28. The van der Waals surface area contributed by atoms with Crippen molar-refractivity contribution in [2.24, 2.45) is 0 Å². The summed E-state index contributed by atoms with van der Waals surface area (Å²) in [4.78, 5) is 0. The van der Waals surface area contributed by atoms with Crippen LogP contribution in [0.4, 0.5) is 26.3 Å². The Morgan fingerprint density at radius 1 is 0.700 bits per heavy atom. The molecule has 0 aliphatic carbocycles. The summed E-state index contributed by atoms with van der Waals surface area (Å²) < 4.78 is 75.8. The van der Waals surface area contributed by atoms with Crippen LogP contribution in [0.25, 0.3) is 0 Å². The van der Waals surface area contributed by atoms with Gasteiger partial charge in [-0.25, -0.2) is 0 Å². The zero-order chi connectivity index (χ0) is 23.3. The fourth-order valence-corrected chi connectivity index (χ4v) is 3.28. The largest absolute Gasteiger partial charge is 0.416 e. The average molecular weight is 432 g/mol. The van der Waals surface area contributed by atoms with E-state index in [0.29, 0.717) is 17.5 Å². The van der Waals surface area contributed by atoms with E-state index >= 15 is 0 Å². The van der Waals surface area contributed by atoms with Crippen molar-refractivity contribution in [2.75, 3.05) is 0 Å². The maximum absolute atomic E-state index is 12.8. The Labute approximate surface area is 175 Å². The zero-order valence-electron chi connectivity index (χ0n) is 18.3. The molecule has 2 aromatic rings. The van der Waals surface area contributed by atoms with Gasteiger partial charge in [-0.1, -0.05) is 52.0 Å². The van der Waals surface area contributed by atoms with Crippen molar-refractivity contribution >= 4 is 0 Å². The lowest BCUT2D eigenvalue weighted by Gasteiger charge is -2.19. The van der Waals surface area contributed by atoms with Crippen molar-refractivity contribution < 1.29 is 26.3 Å². The minimum Gasteiger partial charge on any atom is -0.166 e. The van der Waals surface area contributed by atoms with Gasteiger partial charge in [0.1, 0.15) is 0 Å². The number of aryl methyl sites for hydroxylation is 2. The Hall–Kier alpha value is -1.98. The predicted molar refractivity (Wildman–Crippen MR) is 110 cm³/mol. The van der Waals surface area contributed by atoms with E-state index in [4.69, 9.17) is 0 Å². The number of hydrogen-bond acceptors (Lipinski definition) is 0. The highest BCUT2D eigenvalue weighted by Crippen LogP contribution is 2.38. The second kappa shape index (κ2) is 10.4. The molecular formula is C24H30F6. The summed E-state index contributed by atoms with van der Waals surface area (Å²) in [6.07, 6.45) is -6.92. The van der Waals surface area contributed by atoms with Gasteiger partial charge in [0.05, 0.1) is 11.1 Å². The molecule has 0 nitrogen and oxygen atoms in total. The molecule has 0 N–H and O–H groups in total. The van der Waals surface area contributed by atoms with Crippen molar-refractivity contribution in [3.05, 3.63) is 69.8 Å². The van der Waals surface area contributed by atoms with E-state index in [1.165, 1.54) is 19.1 Å². The van der Waals surface area contributed by atoms with E-state index in [1.807, 2.05) is 34.6 Å². The molecule has 0 saturated heterocycles. The molecule has 6 heteroatoms. The van der Waals surface area contributed by atoms with Crippen LogP contribution in [0.2, 0.25) is 0 Å². The second-order valence-electron chi connectivity index (χ2n) is 7.72. The van der Waals surface area contributed by atoms with E-state index in [2.05, 4.69) is 0 Å². The monoisotopic (exact) mass is 432 g/mol. The van der Waals surface area contributed by atoms with Crippen LogP contribution in [0.3, 0.4) is 0 Å². The summed E-state index contributed by atoms with van der Waals surface area (Å²) in [5.41, 5.74) is 1.43. The van der Waals surface area contributed by atoms with Crippen LogP contribution >= 0.6 is 0 Å². The van der Waals surface area contributed by atoms with Gasteiger partial charge in [0.25, 0.3) is 0 Å². The summed E-state index contributed by atoms with van der Waals surface area (Å²) in [6, 6.07) is 8.72. The molecule has 2 atom stereocenters. The van der Waals surface area contributed by atoms with Crippen LogP contribution in [0.5, 0.6) is 0 Å². The minimum absolute atomic E-state index is 0.0541. The van der Waals surface area contributed by atoms with Gasteiger partial charge in [-0.15, -0.1) is 0 Å². The SMILES string of the molecule is CCC(C)c1cc(C(F)(F)F)ccc1C.CCC(C)c1cccc(C)c1C(F)(F)F. The molecule has 2 aromatic carbocycles. The van der Waals surface area contributed by atoms with Crippen LogP contribution < -0.4 is 0 Å². The molecule has 0 fully saturated rings. The zero-order valence-corrected chi connectivity index (χ0v) is 18.3. The molecule has 0 amide bonds. The van der Waals surface area contributed by atoms with Crippen molar-refractivity contribution in [3.8, 4) is 0 Å². The Morgan fingerprint density at radius 2 is 1.23 bits per heavy atom. The fraction of sp³-hybridized carbons (Fsp3) is 0.500. The molecule has 2 rings (SSSR count). The summed E-state index contributed by atoms with van der Waals surface area (Å²) in [5.74, 6) is 0.119. The molecule has 30 heavy (non-hydrogen) atoms. The van der Waals surface area contributed by atoms with E-state index in [-0.39, 0.29) is 11.8 Å². The lowest BCUT2D eigenvalue weighted by atomic mass is 9.91. The molecule has 0 heterocycles. The Morgan fingerprint density at radius 3 is 1.70 bits per heavy atom. The van der Waals surface area contributed by atoms with E-state index in [9.17, 15) is 26.3 Å². The van der Waals surface area contributed by atoms with Crippen LogP contribution in [0, 0.1) is 13.8 Å². The maximum Gasteiger partial charge on any atom is 0.416 e. The van der Waals surface area contributed by atoms with Gasteiger partial charge in [-0.05, 0) is 72.9 Å². The lowest BCUT2D eigenvalue weighted by molar-refractivity contribution is -0.139. The average Bonchev–Trinajstić information content (AvgIpc) is 2.65. The quantitative estimate of drug-likeness (QED) is 0.423. The van der Waals surface area contributed by atoms with Crippen LogP contribution in [-0.4, -0.2) is 0 Å². The van der Waals surface area contributed by atoms with Crippen LogP contribution in [0.15, 0.2) is 36.4 Å². The summed E-state index contributed by atoms with van der Waals surface area (Å²) in [6.45, 7) is 11.0. The van der Waals surface area contributed by atoms with E-state index in [1.54, 1.807) is 18.2 Å². The number of alkyl halides is 6. The third kappa shape index (κ3) is 6.78. The third-order valence-corrected chi connectivity index (χ3v) is 5.48. The van der Waals surface area contributed by atoms with Gasteiger partial charge in [0.15, 0.2) is 0 Å². The Bertz CT molecular complexity index is 817. The minimum atomic E-state index is -4.25. The molecule has 0 radical (unpaired) electrons. The highest BCUT2D eigenvalue weighted by Gasteiger charge is 2.35. The standard InChI is InChI=1S/2C12H15F3/c1-4-8(2)11-7-10(12(13,14)15)6-5-9(11)3;1-4-8(2)10-7-5-6-9(3)11(10)12(13,14)15/h2*5-8H,4H2,1-3H3. The summed E-state index contributed by atoms with van der Waals surface area (Å²) >= 11 is 0. The molecule has 0 aromatic heterocycles. The Kier molecular flexibility index (Phi) is 9.00. The summed E-state index contributed by atoms with van der Waals surface area (Å²) in [5, 5.41) is 0. The molecule has 0 aliphatic heterocycles. The maximum atomic E-state index is 12.8. The Balaban J connectivity index is 0.000000300. The first-order chi connectivity index (χ1) is 13.7. The van der Waals surface area contributed by atoms with Crippen LogP contribution in [-0.2, 0) is 12.4 Å². The second-order valence-corrected chi connectivity index (χ2v) is 7.72. The molecule has 0 aliphatic rings. The number of hydrogen-bond donors (Lipinski definition) is 0. The molecule has 168 valence electrons. The van der Waals surface area contributed by atoms with Gasteiger partial charge in [0.2, 0.25) is 0 Å². The van der Waals surface area contributed by atoms with Gasteiger partial charge in [-0.2, -0.15) is 26.3 Å². The lowest BCUT2D eigenvalue weighted by Crippen LogP contribution is -2.12. The normalized spacial score (nSPS) is 14.0. The molecular weight excluding hydrogens is 402 g/mol. The van der Waals surface area contributed by atoms with Crippen LogP contribution in [0.1, 0.15) is 85.8 Å². The van der Waals surface area contributed by atoms with E-state index in [0.717, 1.165) is 23.6 Å². The first-order valence-corrected chi connectivity index (χ1v) is 10.1. The number of halogens is 6. The molecule has 2 unspecified atom stereocenters. The van der Waals surface area contributed by atoms with Gasteiger partial charge >= 0.3 is 12.4 Å². The molecule has 0 saturated carbocycles. The molecule has 0 bridgehead atoms. The summed E-state index contributed by atoms with van der Waals surface area (Å²) in [7, 11) is 0. The number of benzene rings is 2. The molecule has 0 spiro atoms. The number of rotatable bonds is 4. The van der Waals surface area contributed by atoms with Gasteiger partial charge in [0, 0.05) is 0 Å². The third-order valence-electron chi connectivity index (χ3n) is 5.48. The van der Waals surface area contributed by atoms with Gasteiger partial charge < -0.3 is 0 Å². The van der Waals surface area contributed by atoms with Crippen molar-refractivity contribution in [1.82, 2.24) is 0 Å². The van der Waals surface area contributed by atoms with Crippen molar-refractivity contribution in [1.29, 1.82) is 0 Å².